The van der Waals surface area contributed by atoms with Crippen LogP contribution in [0.15, 0.2) is 66.7 Å². The summed E-state index contributed by atoms with van der Waals surface area (Å²) in [5.74, 6) is -2.66. The first kappa shape index (κ1) is 20.1. The van der Waals surface area contributed by atoms with Gasteiger partial charge in [-0.25, -0.2) is 13.2 Å². The van der Waals surface area contributed by atoms with Gasteiger partial charge in [0, 0.05) is 17.2 Å². The summed E-state index contributed by atoms with van der Waals surface area (Å²) in [6.45, 7) is 1.47. The van der Waals surface area contributed by atoms with E-state index in [1.54, 1.807) is 0 Å². The van der Waals surface area contributed by atoms with Crippen LogP contribution in [-0.4, -0.2) is 17.8 Å². The predicted molar refractivity (Wildman–Crippen MR) is 101 cm³/mol. The van der Waals surface area contributed by atoms with Crippen LogP contribution in [0.5, 0.6) is 5.75 Å². The molecular formula is C22H16F3NO3. The van der Waals surface area contributed by atoms with Crippen molar-refractivity contribution in [1.29, 1.82) is 0 Å². The minimum Gasteiger partial charge on any atom is -0.481 e. The van der Waals surface area contributed by atoms with Gasteiger partial charge >= 0.3 is 0 Å². The van der Waals surface area contributed by atoms with Gasteiger partial charge in [-0.05, 0) is 67.6 Å². The van der Waals surface area contributed by atoms with Crippen LogP contribution in [0.4, 0.5) is 18.9 Å². The van der Waals surface area contributed by atoms with Gasteiger partial charge in [0.25, 0.3) is 5.91 Å². The Labute approximate surface area is 164 Å². The van der Waals surface area contributed by atoms with Crippen molar-refractivity contribution in [2.75, 3.05) is 5.32 Å². The molecule has 7 heteroatoms. The second kappa shape index (κ2) is 8.60. The fourth-order valence-electron chi connectivity index (χ4n) is 2.54. The van der Waals surface area contributed by atoms with Gasteiger partial charge in [0.1, 0.15) is 23.2 Å². The summed E-state index contributed by atoms with van der Waals surface area (Å²) < 4.78 is 45.0. The summed E-state index contributed by atoms with van der Waals surface area (Å²) in [6.07, 6.45) is -0.974. The molecule has 0 aliphatic rings. The summed E-state index contributed by atoms with van der Waals surface area (Å²) >= 11 is 0. The molecule has 3 aromatic rings. The molecule has 0 heterocycles. The molecule has 3 rings (SSSR count). The van der Waals surface area contributed by atoms with E-state index in [2.05, 4.69) is 5.32 Å². The van der Waals surface area contributed by atoms with E-state index in [1.807, 2.05) is 0 Å². The molecule has 0 saturated carbocycles. The Morgan fingerprint density at radius 3 is 1.97 bits per heavy atom. The van der Waals surface area contributed by atoms with E-state index >= 15 is 0 Å². The molecule has 0 aliphatic heterocycles. The lowest BCUT2D eigenvalue weighted by atomic mass is 10.0. The molecule has 0 bridgehead atoms. The smallest absolute Gasteiger partial charge is 0.265 e. The van der Waals surface area contributed by atoms with Crippen molar-refractivity contribution in [3.05, 3.63) is 95.3 Å². The van der Waals surface area contributed by atoms with Crippen LogP contribution in [0.25, 0.3) is 0 Å². The first-order chi connectivity index (χ1) is 13.8. The van der Waals surface area contributed by atoms with Crippen LogP contribution < -0.4 is 10.1 Å². The van der Waals surface area contributed by atoms with Crippen molar-refractivity contribution in [2.24, 2.45) is 0 Å². The Balaban J connectivity index is 1.63. The third kappa shape index (κ3) is 5.01. The zero-order valence-corrected chi connectivity index (χ0v) is 15.3. The first-order valence-corrected chi connectivity index (χ1v) is 8.66. The number of ketones is 1. The number of rotatable bonds is 6. The average molecular weight is 399 g/mol. The number of anilines is 1. The number of carbonyl (C=O) groups excluding carboxylic acids is 2. The van der Waals surface area contributed by atoms with E-state index < -0.39 is 29.5 Å². The number of nitrogens with one attached hydrogen (secondary N) is 1. The van der Waals surface area contributed by atoms with Crippen molar-refractivity contribution >= 4 is 17.4 Å². The van der Waals surface area contributed by atoms with Crippen LogP contribution in [0.3, 0.4) is 0 Å². The van der Waals surface area contributed by atoms with E-state index in [4.69, 9.17) is 4.74 Å². The molecule has 1 unspecified atom stereocenters. The van der Waals surface area contributed by atoms with Gasteiger partial charge in [-0.1, -0.05) is 0 Å². The number of amides is 1. The van der Waals surface area contributed by atoms with Crippen LogP contribution >= 0.6 is 0 Å². The molecule has 0 saturated heterocycles. The number of hydrogen-bond donors (Lipinski definition) is 1. The quantitative estimate of drug-likeness (QED) is 0.609. The molecule has 0 radical (unpaired) electrons. The van der Waals surface area contributed by atoms with E-state index in [-0.39, 0.29) is 11.5 Å². The van der Waals surface area contributed by atoms with E-state index in [0.29, 0.717) is 22.9 Å². The van der Waals surface area contributed by atoms with Gasteiger partial charge < -0.3 is 10.1 Å². The maximum atomic E-state index is 13.6. The van der Waals surface area contributed by atoms with Crippen molar-refractivity contribution in [3.8, 4) is 5.75 Å². The number of hydrogen-bond acceptors (Lipinski definition) is 3. The third-order valence-electron chi connectivity index (χ3n) is 4.09. The lowest BCUT2D eigenvalue weighted by Crippen LogP contribution is -2.30. The Morgan fingerprint density at radius 2 is 1.38 bits per heavy atom. The number of halogens is 3. The molecule has 1 N–H and O–H groups in total. The number of carbonyl (C=O) groups is 2. The van der Waals surface area contributed by atoms with Gasteiger partial charge in [-0.15, -0.1) is 0 Å². The maximum Gasteiger partial charge on any atom is 0.265 e. The predicted octanol–water partition coefficient (Wildman–Crippen LogP) is 4.74. The second-order valence-corrected chi connectivity index (χ2v) is 6.23. The Bertz CT molecular complexity index is 1030. The van der Waals surface area contributed by atoms with E-state index in [0.717, 1.165) is 12.1 Å². The molecule has 0 aliphatic carbocycles. The van der Waals surface area contributed by atoms with Gasteiger partial charge in [-0.3, -0.25) is 9.59 Å². The van der Waals surface area contributed by atoms with Gasteiger partial charge in [0.05, 0.1) is 5.69 Å². The molecule has 1 atom stereocenters. The Kier molecular flexibility index (Phi) is 5.97. The fourth-order valence-corrected chi connectivity index (χ4v) is 2.54. The highest BCUT2D eigenvalue weighted by molar-refractivity contribution is 6.09. The highest BCUT2D eigenvalue weighted by atomic mass is 19.1. The number of benzene rings is 3. The molecule has 0 fully saturated rings. The van der Waals surface area contributed by atoms with Gasteiger partial charge in [-0.2, -0.15) is 0 Å². The summed E-state index contributed by atoms with van der Waals surface area (Å²) in [5.41, 5.74) is 0.552. The second-order valence-electron chi connectivity index (χ2n) is 6.23. The Morgan fingerprint density at radius 1 is 0.828 bits per heavy atom. The summed E-state index contributed by atoms with van der Waals surface area (Å²) in [4.78, 5) is 24.5. The molecule has 0 aromatic heterocycles. The SMILES string of the molecule is CC(Oc1ccc(C(=O)c2ccc(F)cc2)cc1)C(=O)Nc1ccc(F)cc1F. The topological polar surface area (TPSA) is 55.4 Å². The summed E-state index contributed by atoms with van der Waals surface area (Å²) in [7, 11) is 0. The normalized spacial score (nSPS) is 11.6. The lowest BCUT2D eigenvalue weighted by molar-refractivity contribution is -0.122. The van der Waals surface area contributed by atoms with Crippen molar-refractivity contribution in [3.63, 3.8) is 0 Å². The minimum absolute atomic E-state index is 0.160. The summed E-state index contributed by atoms with van der Waals surface area (Å²) in [5, 5.41) is 2.32. The standard InChI is InChI=1S/C22H16F3NO3/c1-13(22(28)26-20-11-8-17(24)12-19(20)25)29-18-9-4-15(5-10-18)21(27)14-2-6-16(23)7-3-14/h2-13H,1H3,(H,26,28). The minimum atomic E-state index is -0.974. The molecule has 29 heavy (non-hydrogen) atoms. The van der Waals surface area contributed by atoms with Crippen molar-refractivity contribution in [2.45, 2.75) is 13.0 Å². The van der Waals surface area contributed by atoms with E-state index in [9.17, 15) is 22.8 Å². The third-order valence-corrected chi connectivity index (χ3v) is 4.09. The monoisotopic (exact) mass is 399 g/mol. The van der Waals surface area contributed by atoms with Crippen LogP contribution in [0, 0.1) is 17.5 Å². The zero-order valence-electron chi connectivity index (χ0n) is 15.3. The highest BCUT2D eigenvalue weighted by Crippen LogP contribution is 2.19. The van der Waals surface area contributed by atoms with Crippen LogP contribution in [0.2, 0.25) is 0 Å². The van der Waals surface area contributed by atoms with Gasteiger partial charge in [0.15, 0.2) is 11.9 Å². The number of ether oxygens (including phenoxy) is 1. The molecule has 3 aromatic carbocycles. The highest BCUT2D eigenvalue weighted by Gasteiger charge is 2.17. The van der Waals surface area contributed by atoms with E-state index in [1.165, 1.54) is 55.5 Å². The van der Waals surface area contributed by atoms with Gasteiger partial charge in [0.2, 0.25) is 0 Å². The van der Waals surface area contributed by atoms with Crippen molar-refractivity contribution in [1.82, 2.24) is 0 Å². The van der Waals surface area contributed by atoms with Crippen LogP contribution in [0.1, 0.15) is 22.8 Å². The summed E-state index contributed by atoms with van der Waals surface area (Å²) in [6, 6.07) is 14.1. The molecular weight excluding hydrogens is 383 g/mol. The fraction of sp³-hybridized carbons (Fsp3) is 0.0909. The molecule has 1 amide bonds. The zero-order chi connectivity index (χ0) is 21.0. The average Bonchev–Trinajstić information content (AvgIpc) is 2.70. The molecule has 0 spiro atoms. The van der Waals surface area contributed by atoms with Crippen LogP contribution in [-0.2, 0) is 4.79 Å². The maximum absolute atomic E-state index is 13.6. The molecule has 148 valence electrons. The first-order valence-electron chi connectivity index (χ1n) is 8.66. The van der Waals surface area contributed by atoms with Crippen molar-refractivity contribution < 1.29 is 27.5 Å². The Hall–Kier alpha value is -3.61. The molecule has 4 nitrogen and oxygen atoms in total. The largest absolute Gasteiger partial charge is 0.481 e. The lowest BCUT2D eigenvalue weighted by Gasteiger charge is -2.15.